The summed E-state index contributed by atoms with van der Waals surface area (Å²) in [4.78, 5) is 43.9. The molecule has 162 valence electrons. The van der Waals surface area contributed by atoms with Gasteiger partial charge in [0, 0.05) is 37.4 Å². The summed E-state index contributed by atoms with van der Waals surface area (Å²) in [6, 6.07) is 18.5. The van der Waals surface area contributed by atoms with Crippen molar-refractivity contribution in [1.29, 1.82) is 0 Å². The maximum Gasteiger partial charge on any atom is 0.257 e. The number of likely N-dealkylation sites (tertiary alicyclic amines) is 1. The average molecular weight is 421 g/mol. The number of nitrogens with zero attached hydrogens (tertiary/aromatic N) is 3. The summed E-state index contributed by atoms with van der Waals surface area (Å²) >= 11 is 0. The van der Waals surface area contributed by atoms with Crippen LogP contribution in [0.15, 0.2) is 60.7 Å². The first-order valence-electron chi connectivity index (χ1n) is 10.8. The van der Waals surface area contributed by atoms with Crippen LogP contribution in [0.1, 0.15) is 23.2 Å². The van der Waals surface area contributed by atoms with Gasteiger partial charge >= 0.3 is 0 Å². The minimum Gasteiger partial charge on any atom is -0.368 e. The summed E-state index contributed by atoms with van der Waals surface area (Å²) in [6.07, 6.45) is 1.50. The third-order valence-corrected chi connectivity index (χ3v) is 6.03. The summed E-state index contributed by atoms with van der Waals surface area (Å²) in [5.41, 5.74) is 1.63. The van der Waals surface area contributed by atoms with Crippen LogP contribution < -0.4 is 10.2 Å². The lowest BCUT2D eigenvalue weighted by molar-refractivity contribution is -0.134. The van der Waals surface area contributed by atoms with Gasteiger partial charge < -0.3 is 9.80 Å². The molecule has 0 aromatic heterocycles. The van der Waals surface area contributed by atoms with Gasteiger partial charge in [-0.15, -0.1) is 0 Å². The summed E-state index contributed by atoms with van der Waals surface area (Å²) in [5.74, 6) is -0.685. The van der Waals surface area contributed by atoms with E-state index >= 15 is 0 Å². The predicted octanol–water partition coefficient (Wildman–Crippen LogP) is 1.76. The molecule has 0 bridgehead atoms. The summed E-state index contributed by atoms with van der Waals surface area (Å²) in [7, 11) is 0. The number of rotatable bonds is 5. The quantitative estimate of drug-likeness (QED) is 0.747. The van der Waals surface area contributed by atoms with E-state index in [-0.39, 0.29) is 18.4 Å². The lowest BCUT2D eigenvalue weighted by Crippen LogP contribution is -2.53. The fraction of sp³-hybridized carbons (Fsp3) is 0.375. The Balaban J connectivity index is 1.29. The van der Waals surface area contributed by atoms with Gasteiger partial charge in [-0.05, 0) is 43.7 Å². The van der Waals surface area contributed by atoms with Crippen LogP contribution >= 0.6 is 0 Å². The Bertz CT molecular complexity index is 911. The Morgan fingerprint density at radius 1 is 0.839 bits per heavy atom. The molecule has 2 saturated heterocycles. The van der Waals surface area contributed by atoms with Gasteiger partial charge in [0.1, 0.15) is 0 Å². The molecule has 0 aliphatic carbocycles. The minimum absolute atomic E-state index is 0.0433. The SMILES string of the molecule is O=C(NC(=O)[C@H]1CCCN1CC(=O)N1CCN(c2ccccc2)CC1)c1ccccc1. The van der Waals surface area contributed by atoms with Crippen molar-refractivity contribution in [3.63, 3.8) is 0 Å². The summed E-state index contributed by atoms with van der Waals surface area (Å²) < 4.78 is 0. The normalized spacial score (nSPS) is 19.3. The third-order valence-electron chi connectivity index (χ3n) is 6.03. The van der Waals surface area contributed by atoms with Crippen molar-refractivity contribution in [2.75, 3.05) is 44.2 Å². The van der Waals surface area contributed by atoms with Crippen molar-refractivity contribution in [3.05, 3.63) is 66.2 Å². The average Bonchev–Trinajstić information content (AvgIpc) is 3.28. The van der Waals surface area contributed by atoms with Crippen LogP contribution in [0.25, 0.3) is 0 Å². The first-order valence-corrected chi connectivity index (χ1v) is 10.8. The van der Waals surface area contributed by atoms with Crippen molar-refractivity contribution in [3.8, 4) is 0 Å². The van der Waals surface area contributed by atoms with Crippen LogP contribution in [0.5, 0.6) is 0 Å². The third kappa shape index (κ3) is 5.11. The second kappa shape index (κ2) is 9.75. The molecule has 2 aromatic rings. The van der Waals surface area contributed by atoms with E-state index in [4.69, 9.17) is 0 Å². The lowest BCUT2D eigenvalue weighted by Gasteiger charge is -2.37. The van der Waals surface area contributed by atoms with Gasteiger partial charge in [-0.1, -0.05) is 36.4 Å². The number of amides is 3. The standard InChI is InChI=1S/C24H28N4O3/c29-22(27-16-14-26(15-17-27)20-10-5-2-6-11-20)18-28-13-7-12-21(28)24(31)25-23(30)19-8-3-1-4-9-19/h1-6,8-11,21H,7,12-18H2,(H,25,30,31)/t21-/m1/s1. The minimum atomic E-state index is -0.442. The molecule has 0 radical (unpaired) electrons. The molecule has 7 heteroatoms. The van der Waals surface area contributed by atoms with Crippen molar-refractivity contribution >= 4 is 23.4 Å². The number of benzene rings is 2. The molecule has 2 fully saturated rings. The maximum atomic E-state index is 12.9. The molecule has 1 atom stereocenters. The van der Waals surface area contributed by atoms with E-state index in [1.165, 1.54) is 5.69 Å². The smallest absolute Gasteiger partial charge is 0.257 e. The first kappa shape index (κ1) is 21.1. The summed E-state index contributed by atoms with van der Waals surface area (Å²) in [5, 5.41) is 2.49. The fourth-order valence-electron chi connectivity index (χ4n) is 4.30. The number of hydrogen-bond donors (Lipinski definition) is 1. The van der Waals surface area contributed by atoms with E-state index in [0.29, 0.717) is 31.6 Å². The summed E-state index contributed by atoms with van der Waals surface area (Å²) in [6.45, 7) is 3.84. The van der Waals surface area contributed by atoms with Gasteiger partial charge in [-0.3, -0.25) is 24.6 Å². The zero-order valence-electron chi connectivity index (χ0n) is 17.6. The van der Waals surface area contributed by atoms with Crippen LogP contribution in [0.4, 0.5) is 5.69 Å². The highest BCUT2D eigenvalue weighted by Gasteiger charge is 2.34. The molecular weight excluding hydrogens is 392 g/mol. The number of nitrogens with one attached hydrogen (secondary N) is 1. The van der Waals surface area contributed by atoms with Crippen LogP contribution in [0.2, 0.25) is 0 Å². The number of carbonyl (C=O) groups excluding carboxylic acids is 3. The van der Waals surface area contributed by atoms with Gasteiger partial charge in [0.2, 0.25) is 11.8 Å². The largest absolute Gasteiger partial charge is 0.368 e. The highest BCUT2D eigenvalue weighted by atomic mass is 16.2. The second-order valence-electron chi connectivity index (χ2n) is 8.02. The zero-order valence-corrected chi connectivity index (χ0v) is 17.6. The zero-order chi connectivity index (χ0) is 21.6. The molecule has 2 aliphatic rings. The van der Waals surface area contributed by atoms with E-state index in [1.54, 1.807) is 24.3 Å². The van der Waals surface area contributed by atoms with Crippen LogP contribution in [-0.2, 0) is 9.59 Å². The van der Waals surface area contributed by atoms with E-state index < -0.39 is 11.9 Å². The van der Waals surface area contributed by atoms with Gasteiger partial charge in [-0.25, -0.2) is 0 Å². The number of piperazine rings is 1. The lowest BCUT2D eigenvalue weighted by atomic mass is 10.1. The number of carbonyl (C=O) groups is 3. The van der Waals surface area contributed by atoms with Crippen LogP contribution in [0.3, 0.4) is 0 Å². The van der Waals surface area contributed by atoms with Gasteiger partial charge in [0.05, 0.1) is 12.6 Å². The molecule has 0 spiro atoms. The first-order chi connectivity index (χ1) is 15.1. The molecule has 2 heterocycles. The molecule has 2 aromatic carbocycles. The number of hydrogen-bond acceptors (Lipinski definition) is 5. The molecule has 2 aliphatic heterocycles. The van der Waals surface area contributed by atoms with Crippen LogP contribution in [-0.4, -0.2) is 72.8 Å². The Morgan fingerprint density at radius 3 is 2.16 bits per heavy atom. The Kier molecular flexibility index (Phi) is 6.62. The van der Waals surface area contributed by atoms with Gasteiger partial charge in [0.25, 0.3) is 5.91 Å². The molecule has 1 N–H and O–H groups in total. The molecular formula is C24H28N4O3. The van der Waals surface area contributed by atoms with Gasteiger partial charge in [0.15, 0.2) is 0 Å². The topological polar surface area (TPSA) is 73.0 Å². The van der Waals surface area contributed by atoms with Crippen LogP contribution in [0, 0.1) is 0 Å². The monoisotopic (exact) mass is 420 g/mol. The Morgan fingerprint density at radius 2 is 1.48 bits per heavy atom. The fourth-order valence-corrected chi connectivity index (χ4v) is 4.30. The predicted molar refractivity (Wildman–Crippen MR) is 119 cm³/mol. The molecule has 0 saturated carbocycles. The van der Waals surface area contributed by atoms with E-state index in [1.807, 2.05) is 34.1 Å². The molecule has 3 amide bonds. The number of anilines is 1. The van der Waals surface area contributed by atoms with Crippen molar-refractivity contribution in [2.45, 2.75) is 18.9 Å². The number of para-hydroxylation sites is 1. The van der Waals surface area contributed by atoms with E-state index in [9.17, 15) is 14.4 Å². The van der Waals surface area contributed by atoms with Crippen molar-refractivity contribution < 1.29 is 14.4 Å². The highest BCUT2D eigenvalue weighted by Crippen LogP contribution is 2.19. The Hall–Kier alpha value is -3.19. The second-order valence-corrected chi connectivity index (χ2v) is 8.02. The molecule has 7 nitrogen and oxygen atoms in total. The highest BCUT2D eigenvalue weighted by molar-refractivity contribution is 6.06. The molecule has 4 rings (SSSR count). The maximum absolute atomic E-state index is 12.9. The Labute approximate surface area is 182 Å². The number of imide groups is 1. The van der Waals surface area contributed by atoms with Crippen molar-refractivity contribution in [1.82, 2.24) is 15.1 Å². The molecule has 0 unspecified atom stereocenters. The molecule has 31 heavy (non-hydrogen) atoms. The van der Waals surface area contributed by atoms with E-state index in [2.05, 4.69) is 22.3 Å². The van der Waals surface area contributed by atoms with Crippen molar-refractivity contribution in [2.24, 2.45) is 0 Å². The van der Waals surface area contributed by atoms with E-state index in [0.717, 1.165) is 19.5 Å². The van der Waals surface area contributed by atoms with Gasteiger partial charge in [-0.2, -0.15) is 0 Å².